The maximum absolute atomic E-state index is 9.88. The van der Waals surface area contributed by atoms with Crippen LogP contribution in [0.3, 0.4) is 0 Å². The molecule has 2 N–H and O–H groups in total. The van der Waals surface area contributed by atoms with Gasteiger partial charge in [-0.15, -0.1) is 0 Å². The molecule has 1 aromatic carbocycles. The van der Waals surface area contributed by atoms with Crippen LogP contribution in [0.5, 0.6) is 0 Å². The first kappa shape index (κ1) is 17.1. The van der Waals surface area contributed by atoms with Crippen molar-refractivity contribution in [1.82, 2.24) is 5.32 Å². The predicted molar refractivity (Wildman–Crippen MR) is 80.9 cm³/mol. The van der Waals surface area contributed by atoms with Gasteiger partial charge in [-0.2, -0.15) is 0 Å². The highest BCUT2D eigenvalue weighted by atomic mass is 16.5. The number of ether oxygens (including phenoxy) is 2. The van der Waals surface area contributed by atoms with E-state index in [4.69, 9.17) is 9.47 Å². The molecule has 0 aromatic heterocycles. The third-order valence-electron chi connectivity index (χ3n) is 3.21. The van der Waals surface area contributed by atoms with E-state index in [2.05, 4.69) is 43.4 Å². The molecule has 0 saturated carbocycles. The molecule has 1 rings (SSSR count). The van der Waals surface area contributed by atoms with Crippen molar-refractivity contribution in [1.29, 1.82) is 0 Å². The van der Waals surface area contributed by atoms with Gasteiger partial charge in [0.2, 0.25) is 0 Å². The number of aliphatic hydroxyl groups excluding tert-OH is 1. The number of aliphatic hydroxyl groups is 1. The summed E-state index contributed by atoms with van der Waals surface area (Å²) in [5, 5.41) is 13.2. The number of methoxy groups -OCH3 is 1. The summed E-state index contributed by atoms with van der Waals surface area (Å²) >= 11 is 0. The first-order valence-electron chi connectivity index (χ1n) is 7.11. The summed E-state index contributed by atoms with van der Waals surface area (Å²) < 4.78 is 10.5. The lowest BCUT2D eigenvalue weighted by Gasteiger charge is -2.19. The zero-order valence-electron chi connectivity index (χ0n) is 12.9. The molecule has 0 aliphatic rings. The number of hydrogen-bond donors (Lipinski definition) is 2. The van der Waals surface area contributed by atoms with Gasteiger partial charge in [-0.3, -0.25) is 0 Å². The van der Waals surface area contributed by atoms with Crippen LogP contribution < -0.4 is 5.32 Å². The fourth-order valence-corrected chi connectivity index (χ4v) is 1.90. The van der Waals surface area contributed by atoms with E-state index in [1.54, 1.807) is 7.11 Å². The zero-order valence-corrected chi connectivity index (χ0v) is 12.9. The van der Waals surface area contributed by atoms with E-state index in [0.29, 0.717) is 19.8 Å². The van der Waals surface area contributed by atoms with Crippen molar-refractivity contribution in [2.24, 2.45) is 0 Å². The van der Waals surface area contributed by atoms with Crippen molar-refractivity contribution in [3.05, 3.63) is 35.4 Å². The summed E-state index contributed by atoms with van der Waals surface area (Å²) in [4.78, 5) is 0. The van der Waals surface area contributed by atoms with Gasteiger partial charge in [-0.05, 0) is 26.3 Å². The van der Waals surface area contributed by atoms with Crippen molar-refractivity contribution in [3.63, 3.8) is 0 Å². The van der Waals surface area contributed by atoms with Gasteiger partial charge in [-0.1, -0.05) is 29.8 Å². The van der Waals surface area contributed by atoms with E-state index in [-0.39, 0.29) is 12.1 Å². The Morgan fingerprint density at radius 2 is 1.80 bits per heavy atom. The topological polar surface area (TPSA) is 50.7 Å². The normalized spacial score (nSPS) is 15.8. The van der Waals surface area contributed by atoms with Crippen LogP contribution in [0.4, 0.5) is 0 Å². The molecule has 0 heterocycles. The summed E-state index contributed by atoms with van der Waals surface area (Å²) in [6.45, 7) is 7.46. The highest BCUT2D eigenvalue weighted by Gasteiger charge is 2.10. The predicted octanol–water partition coefficient (Wildman–Crippen LogP) is 2.06. The Kier molecular flexibility index (Phi) is 7.77. The molecule has 0 radical (unpaired) electrons. The van der Waals surface area contributed by atoms with Crippen LogP contribution in [0, 0.1) is 6.92 Å². The second kappa shape index (κ2) is 9.08. The molecule has 0 aliphatic heterocycles. The van der Waals surface area contributed by atoms with E-state index in [1.165, 1.54) is 11.1 Å². The van der Waals surface area contributed by atoms with E-state index in [0.717, 1.165) is 0 Å². The first-order chi connectivity index (χ1) is 9.52. The molecule has 20 heavy (non-hydrogen) atoms. The average molecular weight is 281 g/mol. The lowest BCUT2D eigenvalue weighted by atomic mass is 10.1. The maximum Gasteiger partial charge on any atom is 0.0898 e. The molecule has 0 fully saturated rings. The molecule has 4 heteroatoms. The quantitative estimate of drug-likeness (QED) is 0.727. The Hall–Kier alpha value is -0.940. The van der Waals surface area contributed by atoms with Gasteiger partial charge in [0, 0.05) is 19.7 Å². The molecule has 4 nitrogen and oxygen atoms in total. The van der Waals surface area contributed by atoms with Gasteiger partial charge < -0.3 is 19.9 Å². The van der Waals surface area contributed by atoms with Crippen molar-refractivity contribution < 1.29 is 14.6 Å². The van der Waals surface area contributed by atoms with Crippen LogP contribution in [-0.2, 0) is 9.47 Å². The smallest absolute Gasteiger partial charge is 0.0898 e. The van der Waals surface area contributed by atoms with Crippen molar-refractivity contribution >= 4 is 0 Å². The molecule has 0 saturated heterocycles. The summed E-state index contributed by atoms with van der Waals surface area (Å²) in [6.07, 6.45) is -0.508. The number of hydrogen-bond acceptors (Lipinski definition) is 4. The van der Waals surface area contributed by atoms with Crippen LogP contribution in [0.25, 0.3) is 0 Å². The minimum absolute atomic E-state index is 0.00386. The first-order valence-corrected chi connectivity index (χ1v) is 7.11. The highest BCUT2D eigenvalue weighted by Crippen LogP contribution is 2.12. The molecule has 0 amide bonds. The minimum Gasteiger partial charge on any atom is -0.389 e. The monoisotopic (exact) mass is 281 g/mol. The van der Waals surface area contributed by atoms with Crippen LogP contribution in [0.1, 0.15) is 31.0 Å². The number of rotatable bonds is 9. The van der Waals surface area contributed by atoms with Gasteiger partial charge in [0.1, 0.15) is 0 Å². The van der Waals surface area contributed by atoms with Gasteiger partial charge in [-0.25, -0.2) is 0 Å². The Morgan fingerprint density at radius 1 is 1.15 bits per heavy atom. The number of aryl methyl sites for hydroxylation is 1. The molecule has 0 bridgehead atoms. The molecule has 0 aliphatic carbocycles. The Morgan fingerprint density at radius 3 is 2.40 bits per heavy atom. The van der Waals surface area contributed by atoms with Crippen molar-refractivity contribution in [2.45, 2.75) is 39.0 Å². The molecule has 3 atom stereocenters. The lowest BCUT2D eigenvalue weighted by molar-refractivity contribution is -0.0315. The highest BCUT2D eigenvalue weighted by molar-refractivity contribution is 5.23. The maximum atomic E-state index is 9.88. The van der Waals surface area contributed by atoms with Gasteiger partial charge in [0.05, 0.1) is 25.4 Å². The Balaban J connectivity index is 2.26. The van der Waals surface area contributed by atoms with Crippen molar-refractivity contribution in [3.8, 4) is 0 Å². The van der Waals surface area contributed by atoms with Crippen LogP contribution in [-0.4, -0.2) is 44.2 Å². The lowest BCUT2D eigenvalue weighted by Crippen LogP contribution is -2.33. The second-order valence-corrected chi connectivity index (χ2v) is 5.29. The van der Waals surface area contributed by atoms with Crippen LogP contribution >= 0.6 is 0 Å². The molecule has 0 spiro atoms. The average Bonchev–Trinajstić information content (AvgIpc) is 2.43. The molecule has 114 valence electrons. The van der Waals surface area contributed by atoms with E-state index in [1.807, 2.05) is 6.92 Å². The number of benzene rings is 1. The standard InChI is InChI=1S/C16H27NO3/c1-12-5-7-15(8-6-12)14(3)17-9-16(18)11-20-13(2)10-19-4/h5-8,13-14,16-18H,9-11H2,1-4H3. The van der Waals surface area contributed by atoms with E-state index >= 15 is 0 Å². The van der Waals surface area contributed by atoms with E-state index < -0.39 is 6.10 Å². The van der Waals surface area contributed by atoms with Crippen molar-refractivity contribution in [2.75, 3.05) is 26.9 Å². The fourth-order valence-electron chi connectivity index (χ4n) is 1.90. The van der Waals surface area contributed by atoms with Gasteiger partial charge >= 0.3 is 0 Å². The Bertz CT molecular complexity index is 366. The van der Waals surface area contributed by atoms with Gasteiger partial charge in [0.15, 0.2) is 0 Å². The summed E-state index contributed by atoms with van der Waals surface area (Å²) in [6, 6.07) is 8.62. The van der Waals surface area contributed by atoms with Crippen LogP contribution in [0.15, 0.2) is 24.3 Å². The molecular formula is C16H27NO3. The summed E-state index contributed by atoms with van der Waals surface area (Å²) in [7, 11) is 1.64. The van der Waals surface area contributed by atoms with E-state index in [9.17, 15) is 5.11 Å². The third kappa shape index (κ3) is 6.48. The Labute approximate surface area is 122 Å². The summed E-state index contributed by atoms with van der Waals surface area (Å²) in [5.41, 5.74) is 2.47. The summed E-state index contributed by atoms with van der Waals surface area (Å²) in [5.74, 6) is 0. The molecule has 3 unspecified atom stereocenters. The largest absolute Gasteiger partial charge is 0.389 e. The number of nitrogens with one attached hydrogen (secondary N) is 1. The molecular weight excluding hydrogens is 254 g/mol. The van der Waals surface area contributed by atoms with Gasteiger partial charge in [0.25, 0.3) is 0 Å². The second-order valence-electron chi connectivity index (χ2n) is 5.29. The van der Waals surface area contributed by atoms with Crippen LogP contribution in [0.2, 0.25) is 0 Å². The fraction of sp³-hybridized carbons (Fsp3) is 0.625. The minimum atomic E-state index is -0.512. The SMILES string of the molecule is COCC(C)OCC(O)CNC(C)c1ccc(C)cc1. The third-order valence-corrected chi connectivity index (χ3v) is 3.21. The molecule has 1 aromatic rings. The zero-order chi connectivity index (χ0) is 15.0.